The van der Waals surface area contributed by atoms with Gasteiger partial charge in [0.15, 0.2) is 11.5 Å². The molecule has 1 N–H and O–H groups in total. The van der Waals surface area contributed by atoms with Gasteiger partial charge in [-0.1, -0.05) is 11.6 Å². The first kappa shape index (κ1) is 21.4. The molecule has 150 valence electrons. The second-order valence-electron chi connectivity index (χ2n) is 5.91. The normalized spacial score (nSPS) is 11.8. The fourth-order valence-corrected chi connectivity index (χ4v) is 3.02. The smallest absolute Gasteiger partial charge is 0.244 e. The third kappa shape index (κ3) is 5.10. The Bertz CT molecular complexity index is 866. The van der Waals surface area contributed by atoms with E-state index < -0.39 is 0 Å². The summed E-state index contributed by atoms with van der Waals surface area (Å²) in [6, 6.07) is 8.60. The topological polar surface area (TPSA) is 66.0 Å². The fraction of sp³-hybridized carbons (Fsp3) is 0.286. The zero-order valence-electron chi connectivity index (χ0n) is 16.5. The minimum Gasteiger partial charge on any atom is -0.497 e. The van der Waals surface area contributed by atoms with Gasteiger partial charge < -0.3 is 24.3 Å². The molecular formula is C21H24ClNO5. The molecule has 6 nitrogen and oxygen atoms in total. The Labute approximate surface area is 170 Å². The molecule has 7 heteroatoms. The van der Waals surface area contributed by atoms with E-state index in [4.69, 9.17) is 30.5 Å². The molecule has 1 atom stereocenters. The zero-order valence-corrected chi connectivity index (χ0v) is 17.3. The summed E-state index contributed by atoms with van der Waals surface area (Å²) in [7, 11) is 6.21. The van der Waals surface area contributed by atoms with Crippen molar-refractivity contribution in [2.24, 2.45) is 0 Å². The van der Waals surface area contributed by atoms with Crippen LogP contribution in [0.1, 0.15) is 24.1 Å². The molecule has 0 aliphatic heterocycles. The molecular weight excluding hydrogens is 382 g/mol. The monoisotopic (exact) mass is 405 g/mol. The highest BCUT2D eigenvalue weighted by Gasteiger charge is 2.14. The molecule has 0 saturated carbocycles. The Morgan fingerprint density at radius 3 is 2.32 bits per heavy atom. The lowest BCUT2D eigenvalue weighted by Crippen LogP contribution is -2.25. The Kier molecular flexibility index (Phi) is 7.58. The van der Waals surface area contributed by atoms with Crippen LogP contribution in [0.2, 0.25) is 5.02 Å². The van der Waals surface area contributed by atoms with Crippen LogP contribution >= 0.6 is 11.6 Å². The average molecular weight is 406 g/mol. The second-order valence-corrected chi connectivity index (χ2v) is 6.32. The van der Waals surface area contributed by atoms with E-state index in [2.05, 4.69) is 5.32 Å². The van der Waals surface area contributed by atoms with E-state index in [0.29, 0.717) is 33.6 Å². The van der Waals surface area contributed by atoms with Gasteiger partial charge in [0.2, 0.25) is 5.91 Å². The van der Waals surface area contributed by atoms with Gasteiger partial charge in [0, 0.05) is 11.6 Å². The Morgan fingerprint density at radius 2 is 1.71 bits per heavy atom. The number of carbonyl (C=O) groups is 1. The highest BCUT2D eigenvalue weighted by Crippen LogP contribution is 2.36. The van der Waals surface area contributed by atoms with E-state index in [1.165, 1.54) is 20.3 Å². The van der Waals surface area contributed by atoms with E-state index >= 15 is 0 Å². The van der Waals surface area contributed by atoms with Crippen LogP contribution in [0, 0.1) is 0 Å². The summed E-state index contributed by atoms with van der Waals surface area (Å²) in [5.74, 6) is 2.04. The maximum absolute atomic E-state index is 12.4. The van der Waals surface area contributed by atoms with E-state index in [1.807, 2.05) is 13.0 Å². The van der Waals surface area contributed by atoms with Gasteiger partial charge in [0.1, 0.15) is 11.5 Å². The molecule has 2 aromatic carbocycles. The van der Waals surface area contributed by atoms with E-state index in [9.17, 15) is 4.79 Å². The van der Waals surface area contributed by atoms with Gasteiger partial charge >= 0.3 is 0 Å². The number of hydrogen-bond donors (Lipinski definition) is 1. The van der Waals surface area contributed by atoms with Crippen LogP contribution in [0.25, 0.3) is 6.08 Å². The third-order valence-corrected chi connectivity index (χ3v) is 4.43. The minimum absolute atomic E-state index is 0.261. The third-order valence-electron chi connectivity index (χ3n) is 4.15. The first-order chi connectivity index (χ1) is 13.4. The number of ether oxygens (including phenoxy) is 4. The number of benzene rings is 2. The summed E-state index contributed by atoms with van der Waals surface area (Å²) in [6.07, 6.45) is 3.08. The van der Waals surface area contributed by atoms with Crippen molar-refractivity contribution < 1.29 is 23.7 Å². The van der Waals surface area contributed by atoms with Crippen LogP contribution in [0.4, 0.5) is 0 Å². The van der Waals surface area contributed by atoms with Crippen molar-refractivity contribution in [3.8, 4) is 23.0 Å². The first-order valence-electron chi connectivity index (χ1n) is 8.55. The van der Waals surface area contributed by atoms with Crippen LogP contribution in [0.15, 0.2) is 36.4 Å². The molecule has 28 heavy (non-hydrogen) atoms. The van der Waals surface area contributed by atoms with Crippen LogP contribution in [0.5, 0.6) is 23.0 Å². The van der Waals surface area contributed by atoms with Gasteiger partial charge in [-0.3, -0.25) is 4.79 Å². The second kappa shape index (κ2) is 9.90. The zero-order chi connectivity index (χ0) is 20.7. The number of hydrogen-bond acceptors (Lipinski definition) is 5. The minimum atomic E-state index is -0.281. The number of rotatable bonds is 8. The summed E-state index contributed by atoms with van der Waals surface area (Å²) < 4.78 is 21.1. The molecule has 0 fully saturated rings. The van der Waals surface area contributed by atoms with Gasteiger partial charge in [-0.15, -0.1) is 0 Å². The number of methoxy groups -OCH3 is 4. The number of amides is 1. The van der Waals surface area contributed by atoms with E-state index in [-0.39, 0.29) is 11.9 Å². The lowest BCUT2D eigenvalue weighted by atomic mass is 10.1. The molecule has 0 saturated heterocycles. The SMILES string of the molecule is COc1ccc(OC)c([C@@H](C)NC(=O)/C=C/c2cc(Cl)c(OC)c(OC)c2)c1. The predicted octanol–water partition coefficient (Wildman–Crippen LogP) is 4.27. The fourth-order valence-electron chi connectivity index (χ4n) is 2.72. The van der Waals surface area contributed by atoms with Crippen LogP contribution in [-0.2, 0) is 4.79 Å². The molecule has 0 unspecified atom stereocenters. The molecule has 0 aliphatic rings. The first-order valence-corrected chi connectivity index (χ1v) is 8.93. The Morgan fingerprint density at radius 1 is 1.00 bits per heavy atom. The number of carbonyl (C=O) groups excluding carboxylic acids is 1. The van der Waals surface area contributed by atoms with Gasteiger partial charge in [0.05, 0.1) is 39.5 Å². The quantitative estimate of drug-likeness (QED) is 0.664. The summed E-state index contributed by atoms with van der Waals surface area (Å²) in [6.45, 7) is 1.87. The van der Waals surface area contributed by atoms with Crippen molar-refractivity contribution in [2.75, 3.05) is 28.4 Å². The van der Waals surface area contributed by atoms with Crippen molar-refractivity contribution in [3.63, 3.8) is 0 Å². The lowest BCUT2D eigenvalue weighted by molar-refractivity contribution is -0.117. The van der Waals surface area contributed by atoms with Gasteiger partial charge in [-0.25, -0.2) is 0 Å². The predicted molar refractivity (Wildman–Crippen MR) is 110 cm³/mol. The van der Waals surface area contributed by atoms with E-state index in [0.717, 1.165) is 5.56 Å². The highest BCUT2D eigenvalue weighted by molar-refractivity contribution is 6.32. The Hall–Kier alpha value is -2.86. The molecule has 1 amide bonds. The molecule has 0 aliphatic carbocycles. The van der Waals surface area contributed by atoms with Crippen molar-refractivity contribution in [1.82, 2.24) is 5.32 Å². The molecule has 0 bridgehead atoms. The summed E-state index contributed by atoms with van der Waals surface area (Å²) in [5.41, 5.74) is 1.53. The van der Waals surface area contributed by atoms with Crippen molar-refractivity contribution in [3.05, 3.63) is 52.6 Å². The van der Waals surface area contributed by atoms with Crippen LogP contribution in [-0.4, -0.2) is 34.3 Å². The largest absolute Gasteiger partial charge is 0.497 e. The van der Waals surface area contributed by atoms with Crippen LogP contribution in [0.3, 0.4) is 0 Å². The van der Waals surface area contributed by atoms with Crippen molar-refractivity contribution >= 4 is 23.6 Å². The van der Waals surface area contributed by atoms with Crippen molar-refractivity contribution in [2.45, 2.75) is 13.0 Å². The standard InChI is InChI=1S/C21H24ClNO5/c1-13(16-12-15(25-2)7-8-18(16)26-3)23-20(24)9-6-14-10-17(22)21(28-5)19(11-14)27-4/h6-13H,1-5H3,(H,23,24)/b9-6+/t13-/m1/s1. The molecule has 2 aromatic rings. The summed E-state index contributed by atoms with van der Waals surface area (Å²) in [4.78, 5) is 12.4. The van der Waals surface area contributed by atoms with Gasteiger partial charge in [-0.2, -0.15) is 0 Å². The molecule has 0 aromatic heterocycles. The average Bonchev–Trinajstić information content (AvgIpc) is 2.71. The molecule has 0 spiro atoms. The van der Waals surface area contributed by atoms with Gasteiger partial charge in [0.25, 0.3) is 0 Å². The number of halogens is 1. The maximum atomic E-state index is 12.4. The molecule has 0 radical (unpaired) electrons. The molecule has 0 heterocycles. The van der Waals surface area contributed by atoms with Crippen molar-refractivity contribution in [1.29, 1.82) is 0 Å². The van der Waals surface area contributed by atoms with Crippen LogP contribution < -0.4 is 24.3 Å². The maximum Gasteiger partial charge on any atom is 0.244 e. The Balaban J connectivity index is 2.15. The van der Waals surface area contributed by atoms with Gasteiger partial charge in [-0.05, 0) is 48.9 Å². The number of nitrogens with one attached hydrogen (secondary N) is 1. The summed E-state index contributed by atoms with van der Waals surface area (Å²) in [5, 5.41) is 3.31. The highest BCUT2D eigenvalue weighted by atomic mass is 35.5. The summed E-state index contributed by atoms with van der Waals surface area (Å²) >= 11 is 6.19. The molecule has 2 rings (SSSR count). The van der Waals surface area contributed by atoms with E-state index in [1.54, 1.807) is 44.6 Å². The lowest BCUT2D eigenvalue weighted by Gasteiger charge is -2.17.